The summed E-state index contributed by atoms with van der Waals surface area (Å²) in [7, 11) is 1.45. The first-order chi connectivity index (χ1) is 11.7. The molecule has 25 heavy (non-hydrogen) atoms. The Labute approximate surface area is 161 Å². The summed E-state index contributed by atoms with van der Waals surface area (Å²) >= 11 is 13.3. The second kappa shape index (κ2) is 8.93. The number of carbonyl (C=O) groups is 1. The largest absolute Gasteiger partial charge is 0.494 e. The van der Waals surface area contributed by atoms with Crippen LogP contribution >= 0.6 is 35.0 Å². The molecule has 2 unspecified atom stereocenters. The normalized spacial score (nSPS) is 20.7. The minimum Gasteiger partial charge on any atom is -0.494 e. The van der Waals surface area contributed by atoms with Gasteiger partial charge in [0, 0.05) is 12.4 Å². The van der Waals surface area contributed by atoms with Crippen LogP contribution in [0, 0.1) is 0 Å². The number of halogens is 2. The molecule has 1 fully saturated rings. The van der Waals surface area contributed by atoms with Crippen LogP contribution in [0.3, 0.4) is 0 Å². The third-order valence-electron chi connectivity index (χ3n) is 3.69. The summed E-state index contributed by atoms with van der Waals surface area (Å²) in [5, 5.41) is 10.2. The smallest absolute Gasteiger partial charge is 0.224 e. The van der Waals surface area contributed by atoms with Crippen LogP contribution in [0.2, 0.25) is 10.0 Å². The maximum absolute atomic E-state index is 12.5. The van der Waals surface area contributed by atoms with Crippen LogP contribution < -0.4 is 4.74 Å². The SMILES string of the molecule is COc1c(Cl)ccc(Cl)c1C(=O)SCCC1OCCC1OC(C)(C)O. The van der Waals surface area contributed by atoms with Crippen LogP contribution in [0.1, 0.15) is 37.0 Å². The van der Waals surface area contributed by atoms with E-state index in [4.69, 9.17) is 37.4 Å². The highest BCUT2D eigenvalue weighted by molar-refractivity contribution is 8.14. The standard InChI is InChI=1S/C17H22Cl2O5S/c1-17(2,21)24-13-6-8-23-12(13)7-9-25-16(20)14-10(18)4-5-11(19)15(14)22-3/h4-5,12-13,21H,6-9H2,1-3H3. The van der Waals surface area contributed by atoms with Gasteiger partial charge >= 0.3 is 0 Å². The maximum atomic E-state index is 12.5. The minimum atomic E-state index is -1.21. The molecule has 2 atom stereocenters. The van der Waals surface area contributed by atoms with E-state index in [1.165, 1.54) is 7.11 Å². The second-order valence-corrected chi connectivity index (χ2v) is 8.05. The second-order valence-electron chi connectivity index (χ2n) is 6.16. The van der Waals surface area contributed by atoms with E-state index in [1.807, 2.05) is 0 Å². The van der Waals surface area contributed by atoms with Gasteiger partial charge in [-0.1, -0.05) is 35.0 Å². The van der Waals surface area contributed by atoms with E-state index in [1.54, 1.807) is 26.0 Å². The van der Waals surface area contributed by atoms with Crippen molar-refractivity contribution in [2.45, 2.75) is 44.7 Å². The van der Waals surface area contributed by atoms with Gasteiger partial charge in [-0.15, -0.1) is 0 Å². The van der Waals surface area contributed by atoms with Gasteiger partial charge in [0.2, 0.25) is 5.12 Å². The first-order valence-electron chi connectivity index (χ1n) is 7.94. The molecular weight excluding hydrogens is 387 g/mol. The van der Waals surface area contributed by atoms with E-state index >= 15 is 0 Å². The van der Waals surface area contributed by atoms with Crippen molar-refractivity contribution in [3.8, 4) is 5.75 Å². The molecule has 5 nitrogen and oxygen atoms in total. The van der Waals surface area contributed by atoms with Crippen molar-refractivity contribution in [2.24, 2.45) is 0 Å². The molecule has 140 valence electrons. The Morgan fingerprint density at radius 3 is 2.72 bits per heavy atom. The number of carbonyl (C=O) groups excluding carboxylic acids is 1. The molecule has 0 spiro atoms. The first-order valence-corrected chi connectivity index (χ1v) is 9.68. The van der Waals surface area contributed by atoms with Crippen LogP contribution in [0.25, 0.3) is 0 Å². The molecule has 0 aliphatic carbocycles. The zero-order valence-electron chi connectivity index (χ0n) is 14.4. The molecule has 0 amide bonds. The lowest BCUT2D eigenvalue weighted by molar-refractivity contribution is -0.214. The van der Waals surface area contributed by atoms with Gasteiger partial charge < -0.3 is 19.3 Å². The van der Waals surface area contributed by atoms with Gasteiger partial charge in [-0.2, -0.15) is 0 Å². The van der Waals surface area contributed by atoms with Crippen LogP contribution in [0.15, 0.2) is 12.1 Å². The van der Waals surface area contributed by atoms with Crippen molar-refractivity contribution >= 4 is 40.1 Å². The molecule has 1 aliphatic heterocycles. The number of thioether (sulfide) groups is 1. The molecule has 1 aromatic rings. The third-order valence-corrected chi connectivity index (χ3v) is 5.21. The van der Waals surface area contributed by atoms with E-state index in [0.29, 0.717) is 28.8 Å². The fourth-order valence-electron chi connectivity index (χ4n) is 2.67. The number of benzene rings is 1. The molecule has 1 aliphatic rings. The fourth-order valence-corrected chi connectivity index (χ4v) is 4.07. The summed E-state index contributed by atoms with van der Waals surface area (Å²) in [6.45, 7) is 3.76. The van der Waals surface area contributed by atoms with Crippen LogP contribution in [-0.2, 0) is 9.47 Å². The van der Waals surface area contributed by atoms with Gasteiger partial charge in [0.25, 0.3) is 0 Å². The highest BCUT2D eigenvalue weighted by atomic mass is 35.5. The van der Waals surface area contributed by atoms with E-state index in [0.717, 1.165) is 18.2 Å². The Hall–Kier alpha value is -0.500. The van der Waals surface area contributed by atoms with Crippen molar-refractivity contribution in [3.63, 3.8) is 0 Å². The average Bonchev–Trinajstić information content (AvgIpc) is 2.94. The van der Waals surface area contributed by atoms with Crippen molar-refractivity contribution < 1.29 is 24.1 Å². The Kier molecular flexibility index (Phi) is 7.43. The Morgan fingerprint density at radius 2 is 2.08 bits per heavy atom. The predicted octanol–water partition coefficient (Wildman–Crippen LogP) is 4.17. The molecular formula is C17H22Cl2O5S. The topological polar surface area (TPSA) is 65.0 Å². The zero-order chi connectivity index (χ0) is 18.6. The Balaban J connectivity index is 1.94. The maximum Gasteiger partial charge on any atom is 0.224 e. The van der Waals surface area contributed by atoms with Gasteiger partial charge in [-0.25, -0.2) is 0 Å². The highest BCUT2D eigenvalue weighted by Crippen LogP contribution is 2.36. The highest BCUT2D eigenvalue weighted by Gasteiger charge is 2.33. The summed E-state index contributed by atoms with van der Waals surface area (Å²) in [5.74, 6) is -0.394. The molecule has 2 rings (SSSR count). The number of ether oxygens (including phenoxy) is 3. The summed E-state index contributed by atoms with van der Waals surface area (Å²) in [6.07, 6.45) is 1.02. The lowest BCUT2D eigenvalue weighted by atomic mass is 10.1. The monoisotopic (exact) mass is 408 g/mol. The average molecular weight is 409 g/mol. The van der Waals surface area contributed by atoms with E-state index in [9.17, 15) is 9.90 Å². The first kappa shape index (κ1) is 20.8. The van der Waals surface area contributed by atoms with Gasteiger partial charge in [0.05, 0.1) is 34.9 Å². The van der Waals surface area contributed by atoms with Gasteiger partial charge in [-0.3, -0.25) is 4.79 Å². The van der Waals surface area contributed by atoms with Crippen molar-refractivity contribution in [2.75, 3.05) is 19.5 Å². The number of hydrogen-bond donors (Lipinski definition) is 1. The molecule has 0 aromatic heterocycles. The lowest BCUT2D eigenvalue weighted by Crippen LogP contribution is -2.35. The zero-order valence-corrected chi connectivity index (χ0v) is 16.7. The molecule has 0 bridgehead atoms. The molecule has 1 N–H and O–H groups in total. The predicted molar refractivity (Wildman–Crippen MR) is 99.9 cm³/mol. The summed E-state index contributed by atoms with van der Waals surface area (Å²) in [6, 6.07) is 3.17. The lowest BCUT2D eigenvalue weighted by Gasteiger charge is -2.26. The van der Waals surface area contributed by atoms with E-state index < -0.39 is 5.79 Å². The van der Waals surface area contributed by atoms with E-state index in [2.05, 4.69) is 0 Å². The Bertz CT molecular complexity index is 618. The quantitative estimate of drug-likeness (QED) is 0.682. The van der Waals surface area contributed by atoms with Crippen LogP contribution in [0.5, 0.6) is 5.75 Å². The van der Waals surface area contributed by atoms with Gasteiger partial charge in [-0.05, 0) is 38.8 Å². The van der Waals surface area contributed by atoms with Crippen LogP contribution in [0.4, 0.5) is 0 Å². The molecule has 1 aromatic carbocycles. The van der Waals surface area contributed by atoms with Crippen molar-refractivity contribution in [1.29, 1.82) is 0 Å². The molecule has 0 saturated carbocycles. The summed E-state index contributed by atoms with van der Waals surface area (Å²) in [5.41, 5.74) is 0.276. The van der Waals surface area contributed by atoms with Gasteiger partial charge in [0.15, 0.2) is 11.5 Å². The van der Waals surface area contributed by atoms with Crippen molar-refractivity contribution in [3.05, 3.63) is 27.7 Å². The molecule has 8 heteroatoms. The van der Waals surface area contributed by atoms with Crippen molar-refractivity contribution in [1.82, 2.24) is 0 Å². The van der Waals surface area contributed by atoms with E-state index in [-0.39, 0.29) is 28.6 Å². The van der Waals surface area contributed by atoms with Gasteiger partial charge in [0.1, 0.15) is 0 Å². The third kappa shape index (κ3) is 5.74. The molecule has 0 radical (unpaired) electrons. The number of aliphatic hydroxyl groups is 1. The minimum absolute atomic E-state index is 0.150. The molecule has 1 saturated heterocycles. The molecule has 1 heterocycles. The number of methoxy groups -OCH3 is 1. The Morgan fingerprint density at radius 1 is 1.40 bits per heavy atom. The number of rotatable bonds is 7. The summed E-state index contributed by atoms with van der Waals surface area (Å²) in [4.78, 5) is 12.5. The number of hydrogen-bond acceptors (Lipinski definition) is 6. The van der Waals surface area contributed by atoms with Crippen LogP contribution in [-0.4, -0.2) is 47.7 Å². The fraction of sp³-hybridized carbons (Fsp3) is 0.588. The summed E-state index contributed by atoms with van der Waals surface area (Å²) < 4.78 is 16.5.